The zero-order chi connectivity index (χ0) is 19.7. The Kier molecular flexibility index (Phi) is 4.79. The molecule has 0 atom stereocenters. The fraction of sp³-hybridized carbons (Fsp3) is 0.200. The van der Waals surface area contributed by atoms with Gasteiger partial charge in [-0.3, -0.25) is 4.79 Å². The quantitative estimate of drug-likeness (QED) is 0.558. The first kappa shape index (κ1) is 18.1. The van der Waals surface area contributed by atoms with E-state index in [-0.39, 0.29) is 12.5 Å². The first-order chi connectivity index (χ1) is 13.5. The van der Waals surface area contributed by atoms with Crippen LogP contribution in [0.2, 0.25) is 0 Å². The molecule has 2 heterocycles. The highest BCUT2D eigenvalue weighted by molar-refractivity contribution is 7.19. The number of benzene rings is 2. The smallest absolute Gasteiger partial charge is 0.262 e. The summed E-state index contributed by atoms with van der Waals surface area (Å²) in [4.78, 5) is 13.0. The van der Waals surface area contributed by atoms with Crippen molar-refractivity contribution in [3.63, 3.8) is 0 Å². The molecule has 1 amide bonds. The number of carbonyl (C=O) groups is 1. The van der Waals surface area contributed by atoms with Gasteiger partial charge in [0.15, 0.2) is 12.4 Å². The second-order valence-electron chi connectivity index (χ2n) is 6.54. The highest BCUT2D eigenvalue weighted by Crippen LogP contribution is 2.27. The summed E-state index contributed by atoms with van der Waals surface area (Å²) in [6.45, 7) is 5.79. The molecule has 0 aliphatic heterocycles. The molecule has 142 valence electrons. The molecule has 0 radical (unpaired) electrons. The van der Waals surface area contributed by atoms with Crippen molar-refractivity contribution < 1.29 is 9.53 Å². The third-order valence-electron chi connectivity index (χ3n) is 4.23. The van der Waals surface area contributed by atoms with Gasteiger partial charge in [-0.2, -0.15) is 9.61 Å². The van der Waals surface area contributed by atoms with Gasteiger partial charge in [0, 0.05) is 11.3 Å². The lowest BCUT2D eigenvalue weighted by Crippen LogP contribution is -2.20. The van der Waals surface area contributed by atoms with Gasteiger partial charge in [-0.05, 0) is 44.5 Å². The van der Waals surface area contributed by atoms with Gasteiger partial charge >= 0.3 is 0 Å². The molecular weight excluding hydrogens is 374 g/mol. The molecule has 0 bridgehead atoms. The van der Waals surface area contributed by atoms with Gasteiger partial charge in [0.2, 0.25) is 4.96 Å². The zero-order valence-corrected chi connectivity index (χ0v) is 16.6. The van der Waals surface area contributed by atoms with E-state index in [0.29, 0.717) is 11.4 Å². The van der Waals surface area contributed by atoms with E-state index in [2.05, 4.69) is 20.6 Å². The predicted molar refractivity (Wildman–Crippen MR) is 109 cm³/mol. The summed E-state index contributed by atoms with van der Waals surface area (Å²) in [5, 5.41) is 16.3. The topological polar surface area (TPSA) is 81.4 Å². The largest absolute Gasteiger partial charge is 0.483 e. The van der Waals surface area contributed by atoms with E-state index >= 15 is 0 Å². The molecular formula is C20H19N5O2S. The first-order valence-corrected chi connectivity index (χ1v) is 9.60. The molecule has 4 aromatic rings. The van der Waals surface area contributed by atoms with Crippen molar-refractivity contribution >= 4 is 27.9 Å². The van der Waals surface area contributed by atoms with Gasteiger partial charge in [0.25, 0.3) is 5.91 Å². The molecule has 0 fully saturated rings. The summed E-state index contributed by atoms with van der Waals surface area (Å²) in [7, 11) is 0. The standard InChI is InChI=1S/C20H19N5O2S/c1-12-7-8-17(13(2)9-12)27-11-18(26)21-16-6-4-5-15(10-16)19-24-25-14(3)22-23-20(25)28-19/h4-10H,11H2,1-3H3,(H,21,26). The number of rotatable bonds is 5. The van der Waals surface area contributed by atoms with Crippen LogP contribution in [-0.4, -0.2) is 32.3 Å². The zero-order valence-electron chi connectivity index (χ0n) is 15.8. The van der Waals surface area contributed by atoms with E-state index < -0.39 is 0 Å². The molecule has 8 heteroatoms. The van der Waals surface area contributed by atoms with Gasteiger partial charge in [0.05, 0.1) is 0 Å². The van der Waals surface area contributed by atoms with Gasteiger partial charge in [-0.1, -0.05) is 41.2 Å². The van der Waals surface area contributed by atoms with Crippen molar-refractivity contribution in [2.45, 2.75) is 20.8 Å². The van der Waals surface area contributed by atoms with Crippen molar-refractivity contribution in [3.8, 4) is 16.3 Å². The van der Waals surface area contributed by atoms with E-state index in [0.717, 1.165) is 32.5 Å². The number of amides is 1. The van der Waals surface area contributed by atoms with Crippen molar-refractivity contribution in [2.24, 2.45) is 0 Å². The Morgan fingerprint density at radius 3 is 2.79 bits per heavy atom. The molecule has 28 heavy (non-hydrogen) atoms. The van der Waals surface area contributed by atoms with Crippen LogP contribution in [0.5, 0.6) is 5.75 Å². The molecule has 7 nitrogen and oxygen atoms in total. The van der Waals surface area contributed by atoms with Crippen molar-refractivity contribution in [1.29, 1.82) is 0 Å². The number of nitrogens with one attached hydrogen (secondary N) is 1. The molecule has 1 N–H and O–H groups in total. The Morgan fingerprint density at radius 2 is 2.00 bits per heavy atom. The second kappa shape index (κ2) is 7.40. The number of fused-ring (bicyclic) bond motifs is 1. The fourth-order valence-corrected chi connectivity index (χ4v) is 3.74. The van der Waals surface area contributed by atoms with Crippen LogP contribution in [0.3, 0.4) is 0 Å². The molecule has 0 saturated carbocycles. The Morgan fingerprint density at radius 1 is 1.14 bits per heavy atom. The molecule has 2 aromatic carbocycles. The molecule has 0 aliphatic carbocycles. The van der Waals surface area contributed by atoms with Gasteiger partial charge in [-0.15, -0.1) is 10.2 Å². The third kappa shape index (κ3) is 3.72. The van der Waals surface area contributed by atoms with Crippen LogP contribution < -0.4 is 10.1 Å². The van der Waals surface area contributed by atoms with Crippen molar-refractivity contribution in [1.82, 2.24) is 19.8 Å². The van der Waals surface area contributed by atoms with Crippen molar-refractivity contribution in [3.05, 3.63) is 59.4 Å². The predicted octanol–water partition coefficient (Wildman–Crippen LogP) is 3.80. The number of hydrogen-bond acceptors (Lipinski definition) is 6. The van der Waals surface area contributed by atoms with Gasteiger partial charge in [0.1, 0.15) is 10.8 Å². The lowest BCUT2D eigenvalue weighted by molar-refractivity contribution is -0.118. The van der Waals surface area contributed by atoms with Crippen LogP contribution >= 0.6 is 11.3 Å². The molecule has 2 aromatic heterocycles. The lowest BCUT2D eigenvalue weighted by atomic mass is 10.1. The number of aryl methyl sites for hydroxylation is 3. The van der Waals surface area contributed by atoms with Crippen LogP contribution in [0.4, 0.5) is 5.69 Å². The number of aromatic nitrogens is 4. The van der Waals surface area contributed by atoms with E-state index in [4.69, 9.17) is 4.74 Å². The maximum Gasteiger partial charge on any atom is 0.262 e. The van der Waals surface area contributed by atoms with Crippen LogP contribution in [0.1, 0.15) is 17.0 Å². The maximum atomic E-state index is 12.3. The summed E-state index contributed by atoms with van der Waals surface area (Å²) in [6.07, 6.45) is 0. The van der Waals surface area contributed by atoms with Crippen LogP contribution in [0.15, 0.2) is 42.5 Å². The van der Waals surface area contributed by atoms with E-state index in [9.17, 15) is 4.79 Å². The molecule has 0 saturated heterocycles. The van der Waals surface area contributed by atoms with E-state index in [1.807, 2.05) is 63.2 Å². The molecule has 4 rings (SSSR count). The van der Waals surface area contributed by atoms with Crippen LogP contribution in [-0.2, 0) is 4.79 Å². The number of anilines is 1. The molecule has 0 aliphatic rings. The van der Waals surface area contributed by atoms with Crippen LogP contribution in [0.25, 0.3) is 15.5 Å². The number of ether oxygens (including phenoxy) is 1. The Bertz CT molecular complexity index is 1160. The Hall–Kier alpha value is -3.26. The van der Waals surface area contributed by atoms with E-state index in [1.165, 1.54) is 11.3 Å². The normalized spacial score (nSPS) is 11.0. The first-order valence-electron chi connectivity index (χ1n) is 8.79. The summed E-state index contributed by atoms with van der Waals surface area (Å²) in [5.41, 5.74) is 3.76. The van der Waals surface area contributed by atoms with Gasteiger partial charge in [-0.25, -0.2) is 0 Å². The monoisotopic (exact) mass is 393 g/mol. The average Bonchev–Trinajstić information content (AvgIpc) is 3.23. The fourth-order valence-electron chi connectivity index (χ4n) is 2.86. The minimum absolute atomic E-state index is 0.0515. The summed E-state index contributed by atoms with van der Waals surface area (Å²) < 4.78 is 7.35. The van der Waals surface area contributed by atoms with E-state index in [1.54, 1.807) is 4.52 Å². The Labute approximate surface area is 166 Å². The molecule has 0 unspecified atom stereocenters. The van der Waals surface area contributed by atoms with Crippen LogP contribution in [0, 0.1) is 20.8 Å². The van der Waals surface area contributed by atoms with Crippen molar-refractivity contribution in [2.75, 3.05) is 11.9 Å². The summed E-state index contributed by atoms with van der Waals surface area (Å²) >= 11 is 1.45. The SMILES string of the molecule is Cc1ccc(OCC(=O)Nc2cccc(-c3nn4c(C)nnc4s3)c2)c(C)c1. The number of nitrogens with zero attached hydrogens (tertiary/aromatic N) is 4. The van der Waals surface area contributed by atoms with Gasteiger partial charge < -0.3 is 10.1 Å². The number of carbonyl (C=O) groups excluding carboxylic acids is 1. The summed E-state index contributed by atoms with van der Waals surface area (Å²) in [6, 6.07) is 13.4. The Balaban J connectivity index is 1.44. The highest BCUT2D eigenvalue weighted by atomic mass is 32.1. The summed E-state index contributed by atoms with van der Waals surface area (Å²) in [5.74, 6) is 1.24. The maximum absolute atomic E-state index is 12.3. The number of hydrogen-bond donors (Lipinski definition) is 1. The third-order valence-corrected chi connectivity index (χ3v) is 5.18. The minimum atomic E-state index is -0.217. The molecule has 0 spiro atoms. The lowest BCUT2D eigenvalue weighted by Gasteiger charge is -2.10. The second-order valence-corrected chi connectivity index (χ2v) is 7.49. The highest BCUT2D eigenvalue weighted by Gasteiger charge is 2.12. The minimum Gasteiger partial charge on any atom is -0.483 e. The average molecular weight is 393 g/mol.